The first-order chi connectivity index (χ1) is 18.1. The average Bonchev–Trinajstić information content (AvgIpc) is 3.30. The Balaban J connectivity index is 1.46. The Morgan fingerprint density at radius 3 is 2.49 bits per heavy atom. The fraction of sp³-hybridized carbons (Fsp3) is 0.161. The summed E-state index contributed by atoms with van der Waals surface area (Å²) in [6.07, 6.45) is 2.98. The maximum atomic E-state index is 12.8. The molecule has 186 valence electrons. The number of hydrogen-bond donors (Lipinski definition) is 1. The fourth-order valence-corrected chi connectivity index (χ4v) is 4.52. The molecule has 0 bridgehead atoms. The van der Waals surface area contributed by atoms with Gasteiger partial charge in [-0.2, -0.15) is 0 Å². The topological polar surface area (TPSA) is 55.6 Å². The Bertz CT molecular complexity index is 1510. The summed E-state index contributed by atoms with van der Waals surface area (Å²) in [6, 6.07) is 29.7. The normalized spacial score (nSPS) is 11.0. The molecule has 2 heterocycles. The number of carbonyl (C=O) groups is 1. The number of ether oxygens (including phenoxy) is 1. The molecule has 0 atom stereocenters. The van der Waals surface area contributed by atoms with Gasteiger partial charge in [-0.25, -0.2) is 4.98 Å². The predicted octanol–water partition coefficient (Wildman–Crippen LogP) is 6.97. The van der Waals surface area contributed by atoms with Gasteiger partial charge in [0.1, 0.15) is 11.4 Å². The minimum Gasteiger partial charge on any atom is -0.494 e. The quantitative estimate of drug-likeness (QED) is 0.233. The minimum atomic E-state index is 0.00132. The molecule has 3 aromatic carbocycles. The second kappa shape index (κ2) is 11.3. The van der Waals surface area contributed by atoms with Crippen LogP contribution in [-0.4, -0.2) is 21.9 Å². The number of hydrogen-bond acceptors (Lipinski definition) is 3. The van der Waals surface area contributed by atoms with Gasteiger partial charge < -0.3 is 14.5 Å². The number of pyridine rings is 1. The van der Waals surface area contributed by atoms with E-state index in [2.05, 4.69) is 28.0 Å². The second-order valence-electron chi connectivity index (χ2n) is 8.78. The van der Waals surface area contributed by atoms with E-state index < -0.39 is 0 Å². The van der Waals surface area contributed by atoms with Crippen LogP contribution in [-0.2, 0) is 17.8 Å². The Kier molecular flexibility index (Phi) is 7.52. The van der Waals surface area contributed by atoms with Gasteiger partial charge in [-0.05, 0) is 66.4 Å². The summed E-state index contributed by atoms with van der Waals surface area (Å²) < 4.78 is 7.79. The van der Waals surface area contributed by atoms with Crippen LogP contribution in [0.25, 0.3) is 28.0 Å². The molecule has 0 aliphatic heterocycles. The van der Waals surface area contributed by atoms with Gasteiger partial charge >= 0.3 is 0 Å². The Hall–Kier alpha value is -4.09. The molecule has 2 aromatic heterocycles. The maximum absolute atomic E-state index is 12.8. The summed E-state index contributed by atoms with van der Waals surface area (Å²) in [5.41, 5.74) is 6.81. The number of halogens is 1. The lowest BCUT2D eigenvalue weighted by Crippen LogP contribution is -2.23. The zero-order valence-electron chi connectivity index (χ0n) is 20.7. The smallest absolute Gasteiger partial charge is 0.220 e. The standard InChI is InChI=1S/C31H28ClN3O2/c1-2-37-27-10-6-9-24(19-27)25-13-17-29-34-31(23-11-14-26(32)15-12-23)28(35(29)21-25)16-18-30(36)33-20-22-7-4-3-5-8-22/h3-15,17,19,21H,2,16,18,20H2,1H3,(H,33,36). The van der Waals surface area contributed by atoms with E-state index in [0.717, 1.165) is 45.0 Å². The van der Waals surface area contributed by atoms with Crippen LogP contribution in [0.3, 0.4) is 0 Å². The highest BCUT2D eigenvalue weighted by Gasteiger charge is 2.16. The third-order valence-electron chi connectivity index (χ3n) is 6.23. The van der Waals surface area contributed by atoms with Crippen molar-refractivity contribution >= 4 is 23.2 Å². The van der Waals surface area contributed by atoms with Crippen LogP contribution in [0.4, 0.5) is 0 Å². The zero-order valence-corrected chi connectivity index (χ0v) is 21.4. The first-order valence-corrected chi connectivity index (χ1v) is 12.8. The number of nitrogens with zero attached hydrogens (tertiary/aromatic N) is 2. The first kappa shape index (κ1) is 24.6. The van der Waals surface area contributed by atoms with Crippen molar-refractivity contribution in [1.29, 1.82) is 0 Å². The summed E-state index contributed by atoms with van der Waals surface area (Å²) in [5.74, 6) is 0.837. The van der Waals surface area contributed by atoms with Gasteiger partial charge in [0.15, 0.2) is 0 Å². The largest absolute Gasteiger partial charge is 0.494 e. The van der Waals surface area contributed by atoms with Crippen LogP contribution in [0, 0.1) is 0 Å². The van der Waals surface area contributed by atoms with Gasteiger partial charge in [-0.1, -0.05) is 66.2 Å². The van der Waals surface area contributed by atoms with Crippen LogP contribution in [0.2, 0.25) is 5.02 Å². The summed E-state index contributed by atoms with van der Waals surface area (Å²) in [6.45, 7) is 3.10. The third-order valence-corrected chi connectivity index (χ3v) is 6.49. The van der Waals surface area contributed by atoms with Crippen molar-refractivity contribution in [1.82, 2.24) is 14.7 Å². The number of carbonyl (C=O) groups excluding carboxylic acids is 1. The number of imidazole rings is 1. The van der Waals surface area contributed by atoms with Gasteiger partial charge in [0.05, 0.1) is 18.0 Å². The van der Waals surface area contributed by atoms with E-state index in [0.29, 0.717) is 31.0 Å². The monoisotopic (exact) mass is 509 g/mol. The summed E-state index contributed by atoms with van der Waals surface area (Å²) in [7, 11) is 0. The van der Waals surface area contributed by atoms with E-state index in [4.69, 9.17) is 21.3 Å². The molecule has 1 N–H and O–H groups in total. The molecule has 0 radical (unpaired) electrons. The van der Waals surface area contributed by atoms with E-state index in [9.17, 15) is 4.79 Å². The summed E-state index contributed by atoms with van der Waals surface area (Å²) in [5, 5.41) is 3.70. The summed E-state index contributed by atoms with van der Waals surface area (Å²) >= 11 is 6.14. The second-order valence-corrected chi connectivity index (χ2v) is 9.22. The first-order valence-electron chi connectivity index (χ1n) is 12.4. The SMILES string of the molecule is CCOc1cccc(-c2ccc3nc(-c4ccc(Cl)cc4)c(CCC(=O)NCc4ccccc4)n3c2)c1. The lowest BCUT2D eigenvalue weighted by Gasteiger charge is -2.10. The molecule has 0 fully saturated rings. The molecule has 5 aromatic rings. The Morgan fingerprint density at radius 2 is 1.70 bits per heavy atom. The highest BCUT2D eigenvalue weighted by molar-refractivity contribution is 6.30. The Labute approximate surface area is 221 Å². The molecule has 37 heavy (non-hydrogen) atoms. The molecule has 5 nitrogen and oxygen atoms in total. The number of aryl methyl sites for hydroxylation is 1. The highest BCUT2D eigenvalue weighted by Crippen LogP contribution is 2.30. The van der Waals surface area contributed by atoms with Crippen LogP contribution < -0.4 is 10.1 Å². The molecule has 5 rings (SSSR count). The van der Waals surface area contributed by atoms with Gasteiger partial charge in [0.25, 0.3) is 0 Å². The molecule has 0 aliphatic carbocycles. The fourth-order valence-electron chi connectivity index (χ4n) is 4.39. The zero-order chi connectivity index (χ0) is 25.6. The number of nitrogens with one attached hydrogen (secondary N) is 1. The number of rotatable bonds is 9. The molecule has 0 saturated carbocycles. The van der Waals surface area contributed by atoms with E-state index in [-0.39, 0.29) is 5.91 Å². The predicted molar refractivity (Wildman–Crippen MR) is 149 cm³/mol. The van der Waals surface area contributed by atoms with Crippen molar-refractivity contribution in [2.75, 3.05) is 6.61 Å². The summed E-state index contributed by atoms with van der Waals surface area (Å²) in [4.78, 5) is 17.7. The van der Waals surface area contributed by atoms with Crippen molar-refractivity contribution < 1.29 is 9.53 Å². The van der Waals surface area contributed by atoms with E-state index in [1.54, 1.807) is 0 Å². The highest BCUT2D eigenvalue weighted by atomic mass is 35.5. The van der Waals surface area contributed by atoms with Gasteiger partial charge in [-0.15, -0.1) is 0 Å². The number of fused-ring (bicyclic) bond motifs is 1. The molecule has 6 heteroatoms. The van der Waals surface area contributed by atoms with Crippen molar-refractivity contribution in [2.24, 2.45) is 0 Å². The molecule has 0 saturated heterocycles. The average molecular weight is 510 g/mol. The number of benzene rings is 3. The third kappa shape index (κ3) is 5.84. The lowest BCUT2D eigenvalue weighted by molar-refractivity contribution is -0.121. The molecular formula is C31H28ClN3O2. The van der Waals surface area contributed by atoms with Gasteiger partial charge in [0, 0.05) is 29.7 Å². The van der Waals surface area contributed by atoms with Crippen LogP contribution in [0.5, 0.6) is 5.75 Å². The number of amides is 1. The molecule has 0 aliphatic rings. The number of aromatic nitrogens is 2. The Morgan fingerprint density at radius 1 is 0.919 bits per heavy atom. The minimum absolute atomic E-state index is 0.00132. The van der Waals surface area contributed by atoms with Crippen molar-refractivity contribution in [3.8, 4) is 28.1 Å². The van der Waals surface area contributed by atoms with Crippen molar-refractivity contribution in [2.45, 2.75) is 26.3 Å². The van der Waals surface area contributed by atoms with E-state index in [1.807, 2.05) is 85.8 Å². The molecule has 0 unspecified atom stereocenters. The molecule has 0 spiro atoms. The van der Waals surface area contributed by atoms with Crippen LogP contribution in [0.1, 0.15) is 24.6 Å². The van der Waals surface area contributed by atoms with Gasteiger partial charge in [0.2, 0.25) is 5.91 Å². The van der Waals surface area contributed by atoms with Crippen LogP contribution in [0.15, 0.2) is 97.2 Å². The maximum Gasteiger partial charge on any atom is 0.220 e. The van der Waals surface area contributed by atoms with Gasteiger partial charge in [-0.3, -0.25) is 4.79 Å². The van der Waals surface area contributed by atoms with Crippen LogP contribution >= 0.6 is 11.6 Å². The molecule has 1 amide bonds. The van der Waals surface area contributed by atoms with E-state index in [1.165, 1.54) is 0 Å². The molecular weight excluding hydrogens is 482 g/mol. The lowest BCUT2D eigenvalue weighted by atomic mass is 10.1. The van der Waals surface area contributed by atoms with Crippen molar-refractivity contribution in [3.63, 3.8) is 0 Å². The van der Waals surface area contributed by atoms with E-state index >= 15 is 0 Å². The van der Waals surface area contributed by atoms with Crippen molar-refractivity contribution in [3.05, 3.63) is 113 Å².